The number of hydrogen-bond donors (Lipinski definition) is 0. The summed E-state index contributed by atoms with van der Waals surface area (Å²) in [6, 6.07) is 20.2. The summed E-state index contributed by atoms with van der Waals surface area (Å²) in [7, 11) is 0. The van der Waals surface area contributed by atoms with E-state index in [0.717, 1.165) is 18.4 Å². The Hall–Kier alpha value is -4.06. The number of benzene rings is 4. The van der Waals surface area contributed by atoms with Gasteiger partial charge in [0.25, 0.3) is 0 Å². The minimum absolute atomic E-state index is 0.0530. The van der Waals surface area contributed by atoms with Crippen molar-refractivity contribution in [3.8, 4) is 33.8 Å². The molecule has 0 aliphatic rings. The first-order valence-electron chi connectivity index (χ1n) is 11.7. The Morgan fingerprint density at radius 2 is 1.36 bits per heavy atom. The standard InChI is InChI=1S/C30H25F3O3/c1-3-4-17-35-23-13-14-24(27(31)18-23)20-9-11-22(12-10-20)36-30(34)26-16-15-25(28(32)29(26)33)21-7-5-19(2)6-8-21/h5-16,18H,3-4,17H2,1-2H3. The monoisotopic (exact) mass is 490 g/mol. The summed E-state index contributed by atoms with van der Waals surface area (Å²) >= 11 is 0. The van der Waals surface area contributed by atoms with Gasteiger partial charge in [-0.25, -0.2) is 18.0 Å². The molecular formula is C30H25F3O3. The first-order valence-corrected chi connectivity index (χ1v) is 11.7. The third-order valence-corrected chi connectivity index (χ3v) is 5.75. The average Bonchev–Trinajstić information content (AvgIpc) is 2.87. The summed E-state index contributed by atoms with van der Waals surface area (Å²) in [5.74, 6) is -3.31. The number of rotatable bonds is 8. The first kappa shape index (κ1) is 25.0. The predicted molar refractivity (Wildman–Crippen MR) is 134 cm³/mol. The van der Waals surface area contributed by atoms with Crippen molar-refractivity contribution in [3.63, 3.8) is 0 Å². The Morgan fingerprint density at radius 3 is 2.03 bits per heavy atom. The predicted octanol–water partition coefficient (Wildman–Crippen LogP) is 8.14. The number of aryl methyl sites for hydroxylation is 1. The van der Waals surface area contributed by atoms with Crippen molar-refractivity contribution in [2.75, 3.05) is 6.61 Å². The van der Waals surface area contributed by atoms with Crippen molar-refractivity contribution < 1.29 is 27.4 Å². The smallest absolute Gasteiger partial charge is 0.346 e. The lowest BCUT2D eigenvalue weighted by Gasteiger charge is -2.10. The summed E-state index contributed by atoms with van der Waals surface area (Å²) in [6.07, 6.45) is 1.87. The maximum atomic E-state index is 14.7. The highest BCUT2D eigenvalue weighted by molar-refractivity contribution is 5.92. The van der Waals surface area contributed by atoms with Crippen molar-refractivity contribution in [2.45, 2.75) is 26.7 Å². The molecule has 0 aliphatic carbocycles. The molecular weight excluding hydrogens is 465 g/mol. The zero-order valence-electron chi connectivity index (χ0n) is 20.0. The Morgan fingerprint density at radius 1 is 0.750 bits per heavy atom. The van der Waals surface area contributed by atoms with E-state index in [0.29, 0.717) is 29.0 Å². The van der Waals surface area contributed by atoms with Gasteiger partial charge in [-0.2, -0.15) is 0 Å². The van der Waals surface area contributed by atoms with E-state index < -0.39 is 29.0 Å². The minimum atomic E-state index is -1.28. The maximum absolute atomic E-state index is 14.7. The van der Waals surface area contributed by atoms with Gasteiger partial charge in [-0.1, -0.05) is 61.4 Å². The van der Waals surface area contributed by atoms with Crippen LogP contribution in [0.5, 0.6) is 11.5 Å². The summed E-state index contributed by atoms with van der Waals surface area (Å²) in [5, 5.41) is 0. The molecule has 0 spiro atoms. The van der Waals surface area contributed by atoms with Gasteiger partial charge < -0.3 is 9.47 Å². The molecule has 0 atom stereocenters. The lowest BCUT2D eigenvalue weighted by Crippen LogP contribution is -2.12. The van der Waals surface area contributed by atoms with Gasteiger partial charge in [0.05, 0.1) is 12.2 Å². The lowest BCUT2D eigenvalue weighted by molar-refractivity contribution is 0.0728. The molecule has 0 N–H and O–H groups in total. The molecule has 0 radical (unpaired) electrons. The SMILES string of the molecule is CCCCOc1ccc(-c2ccc(OC(=O)c3ccc(-c4ccc(C)cc4)c(F)c3F)cc2)c(F)c1. The average molecular weight is 491 g/mol. The second-order valence-electron chi connectivity index (χ2n) is 8.41. The quantitative estimate of drug-likeness (QED) is 0.142. The fourth-order valence-corrected chi connectivity index (χ4v) is 3.68. The number of ether oxygens (including phenoxy) is 2. The Bertz CT molecular complexity index is 1360. The van der Waals surface area contributed by atoms with Crippen LogP contribution in [0.1, 0.15) is 35.7 Å². The molecule has 36 heavy (non-hydrogen) atoms. The normalized spacial score (nSPS) is 10.8. The van der Waals surface area contributed by atoms with Gasteiger partial charge in [0.1, 0.15) is 17.3 Å². The van der Waals surface area contributed by atoms with E-state index in [1.54, 1.807) is 48.5 Å². The molecule has 0 unspecified atom stereocenters. The van der Waals surface area contributed by atoms with E-state index >= 15 is 0 Å². The highest BCUT2D eigenvalue weighted by Gasteiger charge is 2.21. The Labute approximate surface area is 208 Å². The van der Waals surface area contributed by atoms with Crippen molar-refractivity contribution in [1.82, 2.24) is 0 Å². The van der Waals surface area contributed by atoms with Crippen LogP contribution in [-0.4, -0.2) is 12.6 Å². The number of hydrogen-bond acceptors (Lipinski definition) is 3. The van der Waals surface area contributed by atoms with Gasteiger partial charge >= 0.3 is 5.97 Å². The molecule has 0 aromatic heterocycles. The number of carbonyl (C=O) groups excluding carboxylic acids is 1. The molecule has 0 saturated heterocycles. The van der Waals surface area contributed by atoms with Crippen LogP contribution in [0.2, 0.25) is 0 Å². The summed E-state index contributed by atoms with van der Waals surface area (Å²) < 4.78 is 54.8. The highest BCUT2D eigenvalue weighted by Crippen LogP contribution is 2.30. The number of esters is 1. The molecule has 0 bridgehead atoms. The fourth-order valence-electron chi connectivity index (χ4n) is 3.68. The maximum Gasteiger partial charge on any atom is 0.346 e. The second-order valence-corrected chi connectivity index (χ2v) is 8.41. The fraction of sp³-hybridized carbons (Fsp3) is 0.167. The molecule has 4 aromatic carbocycles. The van der Waals surface area contributed by atoms with Crippen LogP contribution in [0.25, 0.3) is 22.3 Å². The summed E-state index contributed by atoms with van der Waals surface area (Å²) in [5.41, 5.74) is 1.94. The van der Waals surface area contributed by atoms with E-state index in [-0.39, 0.29) is 11.3 Å². The molecule has 0 fully saturated rings. The Balaban J connectivity index is 1.47. The van der Waals surface area contributed by atoms with Crippen LogP contribution in [-0.2, 0) is 0 Å². The van der Waals surface area contributed by atoms with E-state index in [1.807, 2.05) is 13.8 Å². The molecule has 4 aromatic rings. The lowest BCUT2D eigenvalue weighted by atomic mass is 10.0. The van der Waals surface area contributed by atoms with Crippen LogP contribution in [0, 0.1) is 24.4 Å². The number of unbranched alkanes of at least 4 members (excludes halogenated alkanes) is 1. The molecule has 184 valence electrons. The van der Waals surface area contributed by atoms with Crippen LogP contribution in [0.15, 0.2) is 78.9 Å². The molecule has 0 amide bonds. The molecule has 3 nitrogen and oxygen atoms in total. The van der Waals surface area contributed by atoms with Gasteiger partial charge in [0.15, 0.2) is 11.6 Å². The summed E-state index contributed by atoms with van der Waals surface area (Å²) in [6.45, 7) is 4.46. The molecule has 4 rings (SSSR count). The van der Waals surface area contributed by atoms with E-state index in [9.17, 15) is 18.0 Å². The van der Waals surface area contributed by atoms with Crippen LogP contribution >= 0.6 is 0 Å². The summed E-state index contributed by atoms with van der Waals surface area (Å²) in [4.78, 5) is 12.5. The van der Waals surface area contributed by atoms with E-state index in [1.165, 1.54) is 30.3 Å². The number of halogens is 3. The zero-order valence-corrected chi connectivity index (χ0v) is 20.0. The highest BCUT2D eigenvalue weighted by atomic mass is 19.2. The topological polar surface area (TPSA) is 35.5 Å². The van der Waals surface area contributed by atoms with Gasteiger partial charge in [-0.15, -0.1) is 0 Å². The van der Waals surface area contributed by atoms with Crippen LogP contribution < -0.4 is 9.47 Å². The zero-order chi connectivity index (χ0) is 25.7. The van der Waals surface area contributed by atoms with Crippen LogP contribution in [0.4, 0.5) is 13.2 Å². The van der Waals surface area contributed by atoms with Crippen molar-refractivity contribution >= 4 is 5.97 Å². The third-order valence-electron chi connectivity index (χ3n) is 5.75. The van der Waals surface area contributed by atoms with Crippen LogP contribution in [0.3, 0.4) is 0 Å². The minimum Gasteiger partial charge on any atom is -0.493 e. The molecule has 0 heterocycles. The third kappa shape index (κ3) is 5.60. The van der Waals surface area contributed by atoms with Gasteiger partial charge in [0, 0.05) is 17.2 Å². The van der Waals surface area contributed by atoms with Gasteiger partial charge in [-0.3, -0.25) is 0 Å². The van der Waals surface area contributed by atoms with Gasteiger partial charge in [0.2, 0.25) is 0 Å². The molecule has 6 heteroatoms. The van der Waals surface area contributed by atoms with Crippen molar-refractivity contribution in [3.05, 3.63) is 107 Å². The molecule has 0 aliphatic heterocycles. The largest absolute Gasteiger partial charge is 0.493 e. The number of carbonyl (C=O) groups is 1. The Kier molecular flexibility index (Phi) is 7.74. The first-order chi connectivity index (χ1) is 17.4. The van der Waals surface area contributed by atoms with Crippen molar-refractivity contribution in [2.24, 2.45) is 0 Å². The van der Waals surface area contributed by atoms with Crippen molar-refractivity contribution in [1.29, 1.82) is 0 Å². The van der Waals surface area contributed by atoms with Gasteiger partial charge in [-0.05, 0) is 54.8 Å². The second kappa shape index (κ2) is 11.1. The van der Waals surface area contributed by atoms with E-state index in [2.05, 4.69) is 0 Å². The molecule has 0 saturated carbocycles. The van der Waals surface area contributed by atoms with E-state index in [4.69, 9.17) is 9.47 Å².